The maximum Gasteiger partial charge on any atom is 0.135 e. The molecule has 59 heavy (non-hydrogen) atoms. The second-order valence-corrected chi connectivity index (χ2v) is 15.8. The van der Waals surface area contributed by atoms with Crippen LogP contribution < -0.4 is 0 Å². The van der Waals surface area contributed by atoms with Gasteiger partial charge >= 0.3 is 0 Å². The quantitative estimate of drug-likeness (QED) is 0.159. The van der Waals surface area contributed by atoms with Crippen molar-refractivity contribution in [3.63, 3.8) is 0 Å². The number of para-hydroxylation sites is 2. The van der Waals surface area contributed by atoms with E-state index < -0.39 is 0 Å². The number of nitrogens with zero attached hydrogens (tertiary/aromatic N) is 2. The molecule has 3 heteroatoms. The minimum Gasteiger partial charge on any atom is -0.456 e. The fourth-order valence-corrected chi connectivity index (χ4v) is 9.37. The molecule has 0 amide bonds. The summed E-state index contributed by atoms with van der Waals surface area (Å²) in [5.74, 6) is 0. The van der Waals surface area contributed by atoms with E-state index in [9.17, 15) is 0 Å². The van der Waals surface area contributed by atoms with Gasteiger partial charge in [0.1, 0.15) is 11.2 Å². The summed E-state index contributed by atoms with van der Waals surface area (Å²) < 4.78 is 11.1. The molecule has 0 aliphatic rings. The summed E-state index contributed by atoms with van der Waals surface area (Å²) in [4.78, 5) is 0. The van der Waals surface area contributed by atoms with Crippen LogP contribution in [0.25, 0.3) is 88.1 Å². The fourth-order valence-electron chi connectivity index (χ4n) is 9.37. The normalized spacial score (nSPS) is 11.9. The molecule has 9 aromatic carbocycles. The predicted molar refractivity (Wildman–Crippen MR) is 246 cm³/mol. The lowest BCUT2D eigenvalue weighted by atomic mass is 9.99. The van der Waals surface area contributed by atoms with Crippen molar-refractivity contribution in [1.82, 2.24) is 9.13 Å². The van der Waals surface area contributed by atoms with Gasteiger partial charge in [-0.1, -0.05) is 127 Å². The van der Waals surface area contributed by atoms with Crippen molar-refractivity contribution in [2.24, 2.45) is 0 Å². The van der Waals surface area contributed by atoms with Gasteiger partial charge < -0.3 is 13.6 Å². The lowest BCUT2D eigenvalue weighted by Gasteiger charge is -2.10. The van der Waals surface area contributed by atoms with Crippen LogP contribution in [0.1, 0.15) is 22.3 Å². The summed E-state index contributed by atoms with van der Waals surface area (Å²) in [6.45, 7) is 0. The van der Waals surface area contributed by atoms with Gasteiger partial charge in [0.05, 0.1) is 22.1 Å². The molecule has 12 rings (SSSR count). The van der Waals surface area contributed by atoms with Crippen LogP contribution in [-0.2, 0) is 12.8 Å². The van der Waals surface area contributed by atoms with E-state index in [1.807, 2.05) is 12.1 Å². The van der Waals surface area contributed by atoms with Crippen LogP contribution >= 0.6 is 0 Å². The first-order valence-corrected chi connectivity index (χ1v) is 20.4. The second-order valence-electron chi connectivity index (χ2n) is 15.8. The zero-order valence-corrected chi connectivity index (χ0v) is 32.3. The molecule has 0 bridgehead atoms. The Balaban J connectivity index is 1.06. The van der Waals surface area contributed by atoms with Crippen LogP contribution in [0.2, 0.25) is 0 Å². The van der Waals surface area contributed by atoms with Gasteiger partial charge in [0, 0.05) is 43.7 Å². The van der Waals surface area contributed by atoms with Crippen molar-refractivity contribution in [2.75, 3.05) is 0 Å². The lowest BCUT2D eigenvalue weighted by Crippen LogP contribution is -1.94. The first-order chi connectivity index (χ1) is 29.2. The number of benzene rings is 9. The first-order valence-electron chi connectivity index (χ1n) is 20.4. The molecule has 0 aliphatic heterocycles. The first kappa shape index (κ1) is 33.5. The topological polar surface area (TPSA) is 23.0 Å². The molecule has 0 radical (unpaired) electrons. The van der Waals surface area contributed by atoms with Crippen molar-refractivity contribution in [2.45, 2.75) is 12.8 Å². The van der Waals surface area contributed by atoms with Crippen LogP contribution in [-0.4, -0.2) is 9.13 Å². The largest absolute Gasteiger partial charge is 0.456 e. The third kappa shape index (κ3) is 5.66. The molecule has 0 N–H and O–H groups in total. The molecule has 12 aromatic rings. The van der Waals surface area contributed by atoms with Crippen molar-refractivity contribution < 1.29 is 4.42 Å². The van der Waals surface area contributed by atoms with E-state index in [-0.39, 0.29) is 0 Å². The van der Waals surface area contributed by atoms with Gasteiger partial charge in [0.15, 0.2) is 0 Å². The van der Waals surface area contributed by atoms with Gasteiger partial charge in [-0.15, -0.1) is 0 Å². The van der Waals surface area contributed by atoms with Crippen LogP contribution in [0.15, 0.2) is 211 Å². The molecule has 0 aliphatic carbocycles. The second kappa shape index (κ2) is 13.5. The Morgan fingerprint density at radius 1 is 0.288 bits per heavy atom. The highest BCUT2D eigenvalue weighted by molar-refractivity contribution is 6.13. The van der Waals surface area contributed by atoms with Gasteiger partial charge in [-0.25, -0.2) is 0 Å². The molecule has 0 unspecified atom stereocenters. The average molecular weight is 755 g/mol. The molecule has 0 saturated heterocycles. The van der Waals surface area contributed by atoms with Crippen molar-refractivity contribution in [3.05, 3.63) is 229 Å². The Kier molecular flexibility index (Phi) is 7.67. The maximum atomic E-state index is 6.27. The Labute approximate surface area is 341 Å². The summed E-state index contributed by atoms with van der Waals surface area (Å²) in [7, 11) is 0. The van der Waals surface area contributed by atoms with Crippen molar-refractivity contribution in [3.8, 4) is 22.5 Å². The Morgan fingerprint density at radius 3 is 1.51 bits per heavy atom. The van der Waals surface area contributed by atoms with E-state index in [4.69, 9.17) is 4.42 Å². The molecule has 0 spiro atoms. The monoisotopic (exact) mass is 754 g/mol. The Bertz CT molecular complexity index is 3540. The van der Waals surface area contributed by atoms with Crippen LogP contribution in [0.4, 0.5) is 0 Å². The Hall–Kier alpha value is -7.62. The van der Waals surface area contributed by atoms with Gasteiger partial charge in [0.2, 0.25) is 0 Å². The van der Waals surface area contributed by atoms with Gasteiger partial charge in [0.25, 0.3) is 0 Å². The summed E-state index contributed by atoms with van der Waals surface area (Å²) in [5, 5.41) is 7.26. The maximum absolute atomic E-state index is 6.27. The van der Waals surface area contributed by atoms with E-state index in [2.05, 4.69) is 203 Å². The van der Waals surface area contributed by atoms with E-state index in [1.165, 1.54) is 77.0 Å². The van der Waals surface area contributed by atoms with E-state index >= 15 is 0 Å². The Morgan fingerprint density at radius 2 is 0.814 bits per heavy atom. The predicted octanol–water partition coefficient (Wildman–Crippen LogP) is 14.6. The van der Waals surface area contributed by atoms with Crippen LogP contribution in [0.3, 0.4) is 0 Å². The number of hydrogen-bond acceptors (Lipinski definition) is 1. The summed E-state index contributed by atoms with van der Waals surface area (Å²) in [6.07, 6.45) is 1.78. The number of fused-ring (bicyclic) bond motifs is 9. The molecule has 0 atom stereocenters. The standard InChI is InChI=1S/C56H38N2O/c1-4-12-37(13-5-1)30-39-20-26-51-47(32-39)45-25-22-42(35-54(45)58(51)44-24-29-56-50(36-44)46-18-10-11-19-55(46)59-56)41-23-28-53-49(34-41)48-33-40(31-38-14-6-2-7-15-38)21-27-52(48)57(53)43-16-8-3-9-17-43/h1-29,32-36H,30-31H2. The number of hydrogen-bond donors (Lipinski definition) is 0. The molecule has 3 aromatic heterocycles. The average Bonchev–Trinajstić information content (AvgIpc) is 3.94. The molecular formula is C56H38N2O. The number of rotatable bonds is 7. The SMILES string of the molecule is c1ccc(Cc2ccc3c(c2)c2cc(-c4ccc5c6cc(Cc7ccccc7)ccc6n(-c6ccc7oc8ccccc8c7c6)c5c4)ccc2n3-c2ccccc2)cc1. The zero-order valence-electron chi connectivity index (χ0n) is 32.3. The molecule has 3 nitrogen and oxygen atoms in total. The third-order valence-electron chi connectivity index (χ3n) is 12.1. The highest BCUT2D eigenvalue weighted by atomic mass is 16.3. The molecular weight excluding hydrogens is 717 g/mol. The number of furan rings is 1. The molecule has 0 fully saturated rings. The zero-order chi connectivity index (χ0) is 38.9. The summed E-state index contributed by atoms with van der Waals surface area (Å²) in [6, 6.07) is 75.2. The van der Waals surface area contributed by atoms with Crippen molar-refractivity contribution >= 4 is 65.6 Å². The van der Waals surface area contributed by atoms with E-state index in [0.717, 1.165) is 46.2 Å². The minimum atomic E-state index is 0.887. The van der Waals surface area contributed by atoms with Crippen molar-refractivity contribution in [1.29, 1.82) is 0 Å². The highest BCUT2D eigenvalue weighted by Crippen LogP contribution is 2.40. The summed E-state index contributed by atoms with van der Waals surface area (Å²) in [5.41, 5.74) is 16.5. The summed E-state index contributed by atoms with van der Waals surface area (Å²) >= 11 is 0. The van der Waals surface area contributed by atoms with Gasteiger partial charge in [-0.05, 0) is 125 Å². The molecule has 0 saturated carbocycles. The highest BCUT2D eigenvalue weighted by Gasteiger charge is 2.18. The van der Waals surface area contributed by atoms with E-state index in [0.29, 0.717) is 0 Å². The van der Waals surface area contributed by atoms with Gasteiger partial charge in [-0.2, -0.15) is 0 Å². The van der Waals surface area contributed by atoms with Gasteiger partial charge in [-0.3, -0.25) is 0 Å². The smallest absolute Gasteiger partial charge is 0.135 e. The third-order valence-corrected chi connectivity index (χ3v) is 12.1. The molecule has 3 heterocycles. The fraction of sp³-hybridized carbons (Fsp3) is 0.0357. The molecule has 278 valence electrons. The number of aromatic nitrogens is 2. The lowest BCUT2D eigenvalue weighted by molar-refractivity contribution is 0.669. The van der Waals surface area contributed by atoms with Crippen LogP contribution in [0.5, 0.6) is 0 Å². The van der Waals surface area contributed by atoms with E-state index in [1.54, 1.807) is 0 Å². The van der Waals surface area contributed by atoms with Crippen LogP contribution in [0, 0.1) is 0 Å². The minimum absolute atomic E-state index is 0.887.